The molecule has 0 spiro atoms. The molecule has 0 atom stereocenters. The van der Waals surface area contributed by atoms with Gasteiger partial charge in [0.1, 0.15) is 5.82 Å². The van der Waals surface area contributed by atoms with Gasteiger partial charge in [-0.25, -0.2) is 4.98 Å². The second-order valence-electron chi connectivity index (χ2n) is 7.34. The minimum atomic E-state index is 0.483. The number of aromatic nitrogens is 2. The fourth-order valence-electron chi connectivity index (χ4n) is 3.95. The molecule has 0 bridgehead atoms. The summed E-state index contributed by atoms with van der Waals surface area (Å²) in [5.41, 5.74) is 0.483. The Balaban J connectivity index is 1.64. The van der Waals surface area contributed by atoms with Gasteiger partial charge in [0, 0.05) is 44.6 Å². The number of fused-ring (bicyclic) bond motifs is 1. The normalized spacial score (nSPS) is 22.4. The summed E-state index contributed by atoms with van der Waals surface area (Å²) in [7, 11) is 0. The van der Waals surface area contributed by atoms with Crippen LogP contribution in [0, 0.1) is 5.41 Å². The highest BCUT2D eigenvalue weighted by molar-refractivity contribution is 4.97. The third-order valence-corrected chi connectivity index (χ3v) is 5.18. The lowest BCUT2D eigenvalue weighted by atomic mass is 9.73. The van der Waals surface area contributed by atoms with Gasteiger partial charge in [-0.05, 0) is 18.3 Å². The van der Waals surface area contributed by atoms with Gasteiger partial charge in [0.25, 0.3) is 0 Å². The third-order valence-electron chi connectivity index (χ3n) is 5.18. The molecule has 1 aliphatic heterocycles. The molecule has 1 aromatic heterocycles. The molecule has 0 unspecified atom stereocenters. The number of hydrogen-bond donors (Lipinski definition) is 1. The lowest BCUT2D eigenvalue weighted by molar-refractivity contribution is 0.0825. The molecule has 1 aliphatic carbocycles. The summed E-state index contributed by atoms with van der Waals surface area (Å²) in [6.45, 7) is 10.2. The topological polar surface area (TPSA) is 33.1 Å². The van der Waals surface area contributed by atoms with Crippen molar-refractivity contribution in [3.05, 3.63) is 18.2 Å². The van der Waals surface area contributed by atoms with Crippen molar-refractivity contribution in [1.29, 1.82) is 0 Å². The number of rotatable bonds is 5. The maximum atomic E-state index is 4.50. The summed E-state index contributed by atoms with van der Waals surface area (Å²) >= 11 is 0. The average Bonchev–Trinajstić information content (AvgIpc) is 2.94. The van der Waals surface area contributed by atoms with Crippen LogP contribution >= 0.6 is 0 Å². The van der Waals surface area contributed by atoms with E-state index < -0.39 is 0 Å². The van der Waals surface area contributed by atoms with Gasteiger partial charge in [0.2, 0.25) is 0 Å². The molecule has 1 fully saturated rings. The summed E-state index contributed by atoms with van der Waals surface area (Å²) in [6, 6.07) is 0.587. The van der Waals surface area contributed by atoms with Gasteiger partial charge in [-0.2, -0.15) is 0 Å². The first kappa shape index (κ1) is 15.0. The van der Waals surface area contributed by atoms with Crippen molar-refractivity contribution >= 4 is 0 Å². The van der Waals surface area contributed by atoms with Crippen LogP contribution in [0.5, 0.6) is 0 Å². The zero-order chi connectivity index (χ0) is 14.7. The Labute approximate surface area is 128 Å². The van der Waals surface area contributed by atoms with E-state index in [1.165, 1.54) is 57.6 Å². The van der Waals surface area contributed by atoms with Crippen LogP contribution in [-0.2, 0) is 13.1 Å². The second-order valence-corrected chi connectivity index (χ2v) is 7.34. The molecular formula is C17H30N4. The molecule has 3 rings (SSSR count). The minimum absolute atomic E-state index is 0.483. The largest absolute Gasteiger partial charge is 0.333 e. The number of nitrogens with zero attached hydrogens (tertiary/aromatic N) is 3. The molecule has 2 aliphatic rings. The highest BCUT2D eigenvalue weighted by Crippen LogP contribution is 2.37. The Bertz CT molecular complexity index is 445. The molecule has 0 amide bonds. The lowest BCUT2D eigenvalue weighted by Gasteiger charge is -2.43. The molecule has 118 valence electrons. The molecule has 0 aromatic carbocycles. The highest BCUT2D eigenvalue weighted by Gasteiger charge is 2.34. The van der Waals surface area contributed by atoms with E-state index in [-0.39, 0.29) is 0 Å². The molecule has 0 saturated heterocycles. The molecule has 4 heteroatoms. The van der Waals surface area contributed by atoms with E-state index in [1.807, 2.05) is 6.20 Å². The van der Waals surface area contributed by atoms with Gasteiger partial charge in [-0.15, -0.1) is 0 Å². The Morgan fingerprint density at radius 2 is 2.05 bits per heavy atom. The van der Waals surface area contributed by atoms with Crippen molar-refractivity contribution < 1.29 is 0 Å². The monoisotopic (exact) mass is 290 g/mol. The number of hydrogen-bond acceptors (Lipinski definition) is 3. The Morgan fingerprint density at radius 1 is 1.24 bits per heavy atom. The van der Waals surface area contributed by atoms with Crippen LogP contribution in [0.2, 0.25) is 0 Å². The summed E-state index contributed by atoms with van der Waals surface area (Å²) < 4.78 is 2.30. The van der Waals surface area contributed by atoms with E-state index in [0.29, 0.717) is 11.5 Å². The molecular weight excluding hydrogens is 260 g/mol. The van der Waals surface area contributed by atoms with E-state index in [1.54, 1.807) is 0 Å². The Kier molecular flexibility index (Phi) is 4.65. The van der Waals surface area contributed by atoms with Crippen LogP contribution < -0.4 is 5.32 Å². The van der Waals surface area contributed by atoms with Crippen LogP contribution in [0.1, 0.15) is 51.8 Å². The van der Waals surface area contributed by atoms with Crippen LogP contribution in [0.3, 0.4) is 0 Å². The van der Waals surface area contributed by atoms with Crippen molar-refractivity contribution in [2.45, 2.75) is 65.1 Å². The van der Waals surface area contributed by atoms with Crippen molar-refractivity contribution in [3.63, 3.8) is 0 Å². The van der Waals surface area contributed by atoms with E-state index >= 15 is 0 Å². The number of imidazole rings is 1. The Morgan fingerprint density at radius 3 is 2.81 bits per heavy atom. The van der Waals surface area contributed by atoms with Crippen LogP contribution in [0.4, 0.5) is 0 Å². The third kappa shape index (κ3) is 3.67. The molecule has 1 saturated carbocycles. The van der Waals surface area contributed by atoms with Gasteiger partial charge in [-0.1, -0.05) is 33.1 Å². The van der Waals surface area contributed by atoms with Gasteiger partial charge in [0.05, 0.1) is 6.54 Å². The van der Waals surface area contributed by atoms with Gasteiger partial charge >= 0.3 is 0 Å². The van der Waals surface area contributed by atoms with Crippen LogP contribution in [-0.4, -0.2) is 40.1 Å². The maximum Gasteiger partial charge on any atom is 0.122 e. The number of nitrogens with one attached hydrogen (secondary N) is 1. The van der Waals surface area contributed by atoms with Crippen LogP contribution in [0.25, 0.3) is 0 Å². The second kappa shape index (κ2) is 6.49. The van der Waals surface area contributed by atoms with Crippen molar-refractivity contribution in [1.82, 2.24) is 19.8 Å². The van der Waals surface area contributed by atoms with E-state index in [9.17, 15) is 0 Å². The van der Waals surface area contributed by atoms with Gasteiger partial charge < -0.3 is 9.88 Å². The summed E-state index contributed by atoms with van der Waals surface area (Å²) in [6.07, 6.45) is 11.1. The zero-order valence-electron chi connectivity index (χ0n) is 13.6. The van der Waals surface area contributed by atoms with Crippen LogP contribution in [0.15, 0.2) is 12.4 Å². The van der Waals surface area contributed by atoms with E-state index in [2.05, 4.69) is 39.8 Å². The van der Waals surface area contributed by atoms with Gasteiger partial charge in [0.15, 0.2) is 0 Å². The first-order chi connectivity index (χ1) is 10.2. The quantitative estimate of drug-likeness (QED) is 0.905. The Hall–Kier alpha value is -0.870. The SMILES string of the molecule is CC(C)NCC1(CN2CCn3ccnc3C2)CCCCC1. The van der Waals surface area contributed by atoms with E-state index in [4.69, 9.17) is 0 Å². The van der Waals surface area contributed by atoms with Crippen molar-refractivity contribution in [2.24, 2.45) is 5.41 Å². The van der Waals surface area contributed by atoms with E-state index in [0.717, 1.165) is 13.1 Å². The standard InChI is InChI=1S/C17H30N4/c1-15(2)19-13-17(6-4-3-5-7-17)14-20-10-11-21-9-8-18-16(21)12-20/h8-9,15,19H,3-7,10-14H2,1-2H3. The van der Waals surface area contributed by atoms with Crippen molar-refractivity contribution in [3.8, 4) is 0 Å². The summed E-state index contributed by atoms with van der Waals surface area (Å²) in [4.78, 5) is 7.14. The summed E-state index contributed by atoms with van der Waals surface area (Å²) in [5.74, 6) is 1.24. The minimum Gasteiger partial charge on any atom is -0.333 e. The molecule has 1 aromatic rings. The molecule has 4 nitrogen and oxygen atoms in total. The van der Waals surface area contributed by atoms with Crippen molar-refractivity contribution in [2.75, 3.05) is 19.6 Å². The fourth-order valence-corrected chi connectivity index (χ4v) is 3.95. The zero-order valence-corrected chi connectivity index (χ0v) is 13.6. The lowest BCUT2D eigenvalue weighted by Crippen LogP contribution is -2.48. The predicted octanol–water partition coefficient (Wildman–Crippen LogP) is 2.65. The summed E-state index contributed by atoms with van der Waals surface area (Å²) in [5, 5.41) is 3.71. The molecule has 1 N–H and O–H groups in total. The fraction of sp³-hybridized carbons (Fsp3) is 0.824. The van der Waals surface area contributed by atoms with Gasteiger partial charge in [-0.3, -0.25) is 4.90 Å². The first-order valence-corrected chi connectivity index (χ1v) is 8.63. The average molecular weight is 290 g/mol. The first-order valence-electron chi connectivity index (χ1n) is 8.63. The molecule has 21 heavy (non-hydrogen) atoms. The maximum absolute atomic E-state index is 4.50. The molecule has 0 radical (unpaired) electrons. The highest BCUT2D eigenvalue weighted by atomic mass is 15.2. The smallest absolute Gasteiger partial charge is 0.122 e. The molecule has 2 heterocycles. The predicted molar refractivity (Wildman–Crippen MR) is 86.2 cm³/mol.